The van der Waals surface area contributed by atoms with E-state index in [0.717, 1.165) is 10.6 Å². The number of hydrogen-bond donors (Lipinski definition) is 1. The monoisotopic (exact) mass is 246 g/mol. The average molecular weight is 246 g/mol. The second-order valence-corrected chi connectivity index (χ2v) is 4.63. The number of nitrogens with two attached hydrogens (primary N) is 1. The maximum Gasteiger partial charge on any atom is 0.241 e. The van der Waals surface area contributed by atoms with Crippen molar-refractivity contribution in [3.63, 3.8) is 0 Å². The third-order valence-corrected chi connectivity index (χ3v) is 3.30. The summed E-state index contributed by atoms with van der Waals surface area (Å²) in [5.74, 6) is -0.0652. The van der Waals surface area contributed by atoms with Gasteiger partial charge in [-0.05, 0) is 23.6 Å². The molecule has 88 valence electrons. The summed E-state index contributed by atoms with van der Waals surface area (Å²) in [5.41, 5.74) is 6.34. The number of hydrogen-bond acceptors (Lipinski definition) is 3. The fraction of sp³-hybridized carbons (Fsp3) is 0.154. The van der Waals surface area contributed by atoms with Gasteiger partial charge in [0.05, 0.1) is 13.1 Å². The molecule has 0 saturated carbocycles. The van der Waals surface area contributed by atoms with E-state index in [0.29, 0.717) is 6.54 Å². The van der Waals surface area contributed by atoms with E-state index in [9.17, 15) is 4.79 Å². The van der Waals surface area contributed by atoms with Crippen molar-refractivity contribution in [1.29, 1.82) is 0 Å². The molecule has 4 heteroatoms. The van der Waals surface area contributed by atoms with Gasteiger partial charge in [0.15, 0.2) is 0 Å². The molecule has 0 aliphatic carbocycles. The molecule has 0 radical (unpaired) electrons. The van der Waals surface area contributed by atoms with E-state index < -0.39 is 0 Å². The Balaban J connectivity index is 2.23. The Morgan fingerprint density at radius 1 is 1.18 bits per heavy atom. The molecule has 0 aliphatic heterocycles. The molecule has 17 heavy (non-hydrogen) atoms. The maximum absolute atomic E-state index is 11.8. The minimum Gasteiger partial charge on any atom is -0.322 e. The highest BCUT2D eigenvalue weighted by atomic mass is 32.1. The van der Waals surface area contributed by atoms with Crippen molar-refractivity contribution in [2.24, 2.45) is 5.73 Å². The Hall–Kier alpha value is -1.65. The highest BCUT2D eigenvalue weighted by Crippen LogP contribution is 2.19. The van der Waals surface area contributed by atoms with Crippen LogP contribution in [0.2, 0.25) is 0 Å². The largest absolute Gasteiger partial charge is 0.322 e. The van der Waals surface area contributed by atoms with Gasteiger partial charge in [0.1, 0.15) is 0 Å². The smallest absolute Gasteiger partial charge is 0.241 e. The van der Waals surface area contributed by atoms with Crippen molar-refractivity contribution < 1.29 is 4.79 Å². The van der Waals surface area contributed by atoms with Crippen molar-refractivity contribution in [3.05, 3.63) is 52.7 Å². The number of para-hydroxylation sites is 1. The van der Waals surface area contributed by atoms with Gasteiger partial charge in [-0.2, -0.15) is 0 Å². The number of rotatable bonds is 4. The van der Waals surface area contributed by atoms with Gasteiger partial charge in [-0.15, -0.1) is 11.3 Å². The molecular formula is C13H14N2OS. The topological polar surface area (TPSA) is 46.3 Å². The number of nitrogens with zero attached hydrogens (tertiary/aromatic N) is 1. The van der Waals surface area contributed by atoms with Gasteiger partial charge in [-0.3, -0.25) is 4.79 Å². The number of thiophene rings is 1. The highest BCUT2D eigenvalue weighted by Gasteiger charge is 2.14. The molecule has 0 bridgehead atoms. The molecule has 0 saturated heterocycles. The minimum atomic E-state index is -0.0652. The van der Waals surface area contributed by atoms with E-state index in [2.05, 4.69) is 0 Å². The summed E-state index contributed by atoms with van der Waals surface area (Å²) in [4.78, 5) is 14.7. The zero-order valence-corrected chi connectivity index (χ0v) is 10.2. The fourth-order valence-corrected chi connectivity index (χ4v) is 2.29. The number of benzene rings is 1. The minimum absolute atomic E-state index is 0.0280. The molecule has 2 aromatic rings. The van der Waals surface area contributed by atoms with E-state index in [1.165, 1.54) is 0 Å². The number of anilines is 1. The molecule has 3 nitrogen and oxygen atoms in total. The first-order chi connectivity index (χ1) is 8.31. The summed E-state index contributed by atoms with van der Waals surface area (Å²) < 4.78 is 0. The first-order valence-electron chi connectivity index (χ1n) is 5.39. The van der Waals surface area contributed by atoms with Crippen LogP contribution in [0.5, 0.6) is 0 Å². The normalized spacial score (nSPS) is 10.2. The Bertz CT molecular complexity index is 467. The van der Waals surface area contributed by atoms with Crippen LogP contribution in [-0.4, -0.2) is 12.5 Å². The quantitative estimate of drug-likeness (QED) is 0.899. The van der Waals surface area contributed by atoms with Gasteiger partial charge < -0.3 is 10.6 Å². The summed E-state index contributed by atoms with van der Waals surface area (Å²) in [5, 5.41) is 2.01. The van der Waals surface area contributed by atoms with Gasteiger partial charge >= 0.3 is 0 Å². The van der Waals surface area contributed by atoms with Crippen molar-refractivity contribution >= 4 is 22.9 Å². The Morgan fingerprint density at radius 2 is 1.94 bits per heavy atom. The lowest BCUT2D eigenvalue weighted by Crippen LogP contribution is -2.35. The van der Waals surface area contributed by atoms with Gasteiger partial charge in [-0.25, -0.2) is 0 Å². The average Bonchev–Trinajstić information content (AvgIpc) is 2.89. The van der Waals surface area contributed by atoms with Crippen molar-refractivity contribution in [3.8, 4) is 0 Å². The molecule has 0 atom stereocenters. The van der Waals surface area contributed by atoms with Gasteiger partial charge in [0.25, 0.3) is 0 Å². The van der Waals surface area contributed by atoms with E-state index in [1.54, 1.807) is 16.2 Å². The Labute approximate surface area is 104 Å². The first kappa shape index (κ1) is 11.8. The molecule has 1 amide bonds. The predicted molar refractivity (Wildman–Crippen MR) is 71.0 cm³/mol. The molecule has 1 heterocycles. The van der Waals surface area contributed by atoms with Crippen LogP contribution in [0, 0.1) is 0 Å². The van der Waals surface area contributed by atoms with Gasteiger partial charge in [0, 0.05) is 10.6 Å². The van der Waals surface area contributed by atoms with Crippen LogP contribution in [0.4, 0.5) is 5.69 Å². The van der Waals surface area contributed by atoms with Crippen molar-refractivity contribution in [2.75, 3.05) is 11.4 Å². The second-order valence-electron chi connectivity index (χ2n) is 3.60. The molecule has 0 unspecified atom stereocenters. The van der Waals surface area contributed by atoms with Crippen LogP contribution in [0.25, 0.3) is 0 Å². The molecule has 2 N–H and O–H groups in total. The summed E-state index contributed by atoms with van der Waals surface area (Å²) in [7, 11) is 0. The third kappa shape index (κ3) is 2.93. The molecule has 0 aliphatic rings. The second kappa shape index (κ2) is 5.61. The standard InChI is InChI=1S/C13H14N2OS/c14-9-13(16)15(10-12-7-4-8-17-12)11-5-2-1-3-6-11/h1-8H,9-10,14H2. The zero-order chi connectivity index (χ0) is 12.1. The van der Waals surface area contributed by atoms with E-state index in [-0.39, 0.29) is 12.5 Å². The summed E-state index contributed by atoms with van der Waals surface area (Å²) >= 11 is 1.64. The predicted octanol–water partition coefficient (Wildman–Crippen LogP) is 2.24. The summed E-state index contributed by atoms with van der Waals surface area (Å²) in [6.45, 7) is 0.609. The number of carbonyl (C=O) groups excluding carboxylic acids is 1. The molecule has 1 aromatic carbocycles. The highest BCUT2D eigenvalue weighted by molar-refractivity contribution is 7.09. The van der Waals surface area contributed by atoms with Crippen LogP contribution in [0.15, 0.2) is 47.8 Å². The van der Waals surface area contributed by atoms with E-state index in [4.69, 9.17) is 5.73 Å². The van der Waals surface area contributed by atoms with E-state index in [1.807, 2.05) is 47.8 Å². The van der Waals surface area contributed by atoms with Gasteiger partial charge in [0.2, 0.25) is 5.91 Å². The summed E-state index contributed by atoms with van der Waals surface area (Å²) in [6, 6.07) is 13.6. The van der Waals surface area contributed by atoms with Crippen LogP contribution in [0.3, 0.4) is 0 Å². The molecule has 0 spiro atoms. The fourth-order valence-electron chi connectivity index (χ4n) is 1.60. The Kier molecular flexibility index (Phi) is 3.90. The Morgan fingerprint density at radius 3 is 2.53 bits per heavy atom. The number of amides is 1. The molecule has 2 rings (SSSR count). The van der Waals surface area contributed by atoms with Crippen LogP contribution in [0.1, 0.15) is 4.88 Å². The SMILES string of the molecule is NCC(=O)N(Cc1cccs1)c1ccccc1. The lowest BCUT2D eigenvalue weighted by molar-refractivity contribution is -0.117. The van der Waals surface area contributed by atoms with Crippen LogP contribution in [-0.2, 0) is 11.3 Å². The summed E-state index contributed by atoms with van der Waals surface area (Å²) in [6.07, 6.45) is 0. The van der Waals surface area contributed by atoms with Gasteiger partial charge in [-0.1, -0.05) is 24.3 Å². The number of carbonyl (C=O) groups is 1. The zero-order valence-electron chi connectivity index (χ0n) is 9.37. The lowest BCUT2D eigenvalue weighted by Gasteiger charge is -2.21. The third-order valence-electron chi connectivity index (χ3n) is 2.44. The molecule has 1 aromatic heterocycles. The molecule has 0 fully saturated rings. The first-order valence-corrected chi connectivity index (χ1v) is 6.27. The van der Waals surface area contributed by atoms with Crippen LogP contribution >= 0.6 is 11.3 Å². The van der Waals surface area contributed by atoms with Crippen LogP contribution < -0.4 is 10.6 Å². The van der Waals surface area contributed by atoms with Crippen molar-refractivity contribution in [2.45, 2.75) is 6.54 Å². The van der Waals surface area contributed by atoms with E-state index >= 15 is 0 Å². The lowest BCUT2D eigenvalue weighted by atomic mass is 10.2. The molecular weight excluding hydrogens is 232 g/mol. The van der Waals surface area contributed by atoms with Crippen molar-refractivity contribution in [1.82, 2.24) is 0 Å². The maximum atomic E-state index is 11.8.